The highest BCUT2D eigenvalue weighted by Gasteiger charge is 2.43. The zero-order valence-corrected chi connectivity index (χ0v) is 19.7. The molecule has 3 heterocycles. The van der Waals surface area contributed by atoms with E-state index in [0.29, 0.717) is 16.7 Å². The van der Waals surface area contributed by atoms with Gasteiger partial charge in [0.1, 0.15) is 17.8 Å². The van der Waals surface area contributed by atoms with Crippen LogP contribution in [0.5, 0.6) is 0 Å². The highest BCUT2D eigenvalue weighted by atomic mass is 79.9. The lowest BCUT2D eigenvalue weighted by atomic mass is 9.75. The Morgan fingerprint density at radius 3 is 2.93 bits per heavy atom. The molecule has 0 radical (unpaired) electrons. The molecule has 2 atom stereocenters. The molecule has 162 valence electrons. The van der Waals surface area contributed by atoms with Crippen LogP contribution in [0.25, 0.3) is 11.0 Å². The number of rotatable bonds is 4. The summed E-state index contributed by atoms with van der Waals surface area (Å²) in [5.74, 6) is 2.03. The molecule has 2 aromatic rings. The number of anilines is 1. The first-order valence-corrected chi connectivity index (χ1v) is 11.4. The Balaban J connectivity index is 0.000000202. The van der Waals surface area contributed by atoms with Crippen molar-refractivity contribution in [2.24, 2.45) is 11.3 Å². The lowest BCUT2D eigenvalue weighted by Crippen LogP contribution is -2.45. The fourth-order valence-electron chi connectivity index (χ4n) is 4.65. The van der Waals surface area contributed by atoms with Crippen LogP contribution >= 0.6 is 15.9 Å². The van der Waals surface area contributed by atoms with Crippen molar-refractivity contribution >= 4 is 38.5 Å². The minimum Gasteiger partial charge on any atom is -0.392 e. The van der Waals surface area contributed by atoms with Crippen LogP contribution in [-0.2, 0) is 0 Å². The van der Waals surface area contributed by atoms with E-state index in [4.69, 9.17) is 10.5 Å². The zero-order valence-electron chi connectivity index (χ0n) is 18.1. The van der Waals surface area contributed by atoms with Crippen molar-refractivity contribution in [2.75, 3.05) is 24.6 Å². The number of aromatic nitrogens is 3. The van der Waals surface area contributed by atoms with Crippen molar-refractivity contribution in [1.82, 2.24) is 15.0 Å². The Morgan fingerprint density at radius 1 is 1.43 bits per heavy atom. The molecule has 2 fully saturated rings. The second kappa shape index (κ2) is 9.88. The van der Waals surface area contributed by atoms with E-state index in [2.05, 4.69) is 48.8 Å². The van der Waals surface area contributed by atoms with E-state index < -0.39 is 0 Å². The lowest BCUT2D eigenvalue weighted by molar-refractivity contribution is 0.192. The Bertz CT molecular complexity index is 950. The van der Waals surface area contributed by atoms with E-state index in [1.165, 1.54) is 25.7 Å². The molecule has 0 amide bonds. The van der Waals surface area contributed by atoms with Crippen LogP contribution in [0.2, 0.25) is 0 Å². The van der Waals surface area contributed by atoms with Crippen LogP contribution in [0.1, 0.15) is 46.5 Å². The molecule has 0 aromatic carbocycles. The van der Waals surface area contributed by atoms with Crippen molar-refractivity contribution in [2.45, 2.75) is 46.5 Å². The number of halogens is 1. The second-order valence-electron chi connectivity index (χ2n) is 8.52. The van der Waals surface area contributed by atoms with Gasteiger partial charge in [0.05, 0.1) is 12.0 Å². The number of aromatic amines is 1. The Morgan fingerprint density at radius 2 is 2.23 bits per heavy atom. The predicted molar refractivity (Wildman–Crippen MR) is 127 cm³/mol. The number of aliphatic hydroxyl groups is 1. The highest BCUT2D eigenvalue weighted by molar-refractivity contribution is 9.11. The van der Waals surface area contributed by atoms with Gasteiger partial charge in [-0.05, 0) is 62.2 Å². The van der Waals surface area contributed by atoms with E-state index in [1.54, 1.807) is 19.3 Å². The summed E-state index contributed by atoms with van der Waals surface area (Å²) >= 11 is 3.26. The molecule has 6 nitrogen and oxygen atoms in total. The Labute approximate surface area is 187 Å². The van der Waals surface area contributed by atoms with E-state index in [1.807, 2.05) is 19.2 Å². The molecule has 1 saturated heterocycles. The maximum atomic E-state index is 8.78. The summed E-state index contributed by atoms with van der Waals surface area (Å²) in [4.78, 5) is 14.5. The first-order chi connectivity index (χ1) is 14.4. The fourth-order valence-corrected chi connectivity index (χ4v) is 4.92. The molecule has 1 aliphatic heterocycles. The largest absolute Gasteiger partial charge is 0.392 e. The number of hydrogen-bond acceptors (Lipinski definition) is 5. The van der Waals surface area contributed by atoms with Crippen LogP contribution in [0.15, 0.2) is 40.8 Å². The molecule has 2 aliphatic rings. The number of H-pyrrole nitrogens is 1. The molecule has 4 rings (SSSR count). The number of nitrogens with one attached hydrogen (secondary N) is 2. The average Bonchev–Trinajstić information content (AvgIpc) is 3.37. The number of hydrogen-bond donors (Lipinski definition) is 3. The predicted octanol–water partition coefficient (Wildman–Crippen LogP) is 5.22. The summed E-state index contributed by atoms with van der Waals surface area (Å²) < 4.78 is 0.883. The van der Waals surface area contributed by atoms with Crippen LogP contribution in [0, 0.1) is 16.7 Å². The highest BCUT2D eigenvalue weighted by Crippen LogP contribution is 2.48. The van der Waals surface area contributed by atoms with Gasteiger partial charge in [-0.25, -0.2) is 9.97 Å². The minimum absolute atomic E-state index is 0.0850. The molecule has 3 N–H and O–H groups in total. The maximum Gasteiger partial charge on any atom is 0.142 e. The smallest absolute Gasteiger partial charge is 0.142 e. The van der Waals surface area contributed by atoms with E-state index in [9.17, 15) is 0 Å². The van der Waals surface area contributed by atoms with E-state index in [0.717, 1.165) is 40.3 Å². The monoisotopic (exact) mass is 473 g/mol. The molecule has 1 aliphatic carbocycles. The van der Waals surface area contributed by atoms with Gasteiger partial charge in [0, 0.05) is 29.5 Å². The third-order valence-electron chi connectivity index (χ3n) is 6.46. The van der Waals surface area contributed by atoms with Crippen LogP contribution in [0.3, 0.4) is 0 Å². The lowest BCUT2D eigenvalue weighted by Gasteiger charge is -2.43. The molecular formula is C23H32BrN5O. The SMILES string of the molecule is C/C=C(Br)\C=C(\CO)C(C)=N.C[C@]12CCCC1CCN(c1ncnc3[nH]ccc13)C2. The zero-order chi connectivity index (χ0) is 21.7. The van der Waals surface area contributed by atoms with Crippen molar-refractivity contribution < 1.29 is 5.11 Å². The summed E-state index contributed by atoms with van der Waals surface area (Å²) in [7, 11) is 0. The normalized spacial score (nSPS) is 24.4. The van der Waals surface area contributed by atoms with Gasteiger partial charge in [-0.1, -0.05) is 35.4 Å². The molecule has 0 bridgehead atoms. The number of piperidine rings is 1. The standard InChI is InChI=1S/C15H20N4.C8H12BrNO/c1-15-6-2-3-11(15)5-8-19(9-15)14-12-4-7-16-13(12)17-10-18-14;1-3-8(9)4-7(5-11)6(2)10/h4,7,10-11H,2-3,5-6,8-9H2,1H3,(H,16,17,18);3-4,10-11H,5H2,1-2H3/b;7-4-,8-3+,10-6?/t11?,15-;/m1./s1. The second-order valence-corrected chi connectivity index (χ2v) is 9.43. The topological polar surface area (TPSA) is 88.9 Å². The molecule has 1 unspecified atom stereocenters. The van der Waals surface area contributed by atoms with Gasteiger partial charge in [-0.15, -0.1) is 0 Å². The van der Waals surface area contributed by atoms with Gasteiger partial charge >= 0.3 is 0 Å². The third-order valence-corrected chi connectivity index (χ3v) is 7.14. The first kappa shape index (κ1) is 22.7. The van der Waals surface area contributed by atoms with Crippen LogP contribution < -0.4 is 4.90 Å². The number of nitrogens with zero attached hydrogens (tertiary/aromatic N) is 3. The molecule has 7 heteroatoms. The van der Waals surface area contributed by atoms with Crippen molar-refractivity contribution in [3.05, 3.63) is 40.8 Å². The van der Waals surface area contributed by atoms with Gasteiger partial charge in [0.25, 0.3) is 0 Å². The molecule has 1 saturated carbocycles. The molecular weight excluding hydrogens is 442 g/mol. The van der Waals surface area contributed by atoms with E-state index >= 15 is 0 Å². The summed E-state index contributed by atoms with van der Waals surface area (Å²) in [6.07, 6.45) is 12.7. The number of fused-ring (bicyclic) bond motifs is 2. The van der Waals surface area contributed by atoms with Gasteiger partial charge < -0.3 is 20.4 Å². The van der Waals surface area contributed by atoms with Crippen molar-refractivity contribution in [1.29, 1.82) is 5.41 Å². The van der Waals surface area contributed by atoms with Gasteiger partial charge in [0.2, 0.25) is 0 Å². The quantitative estimate of drug-likeness (QED) is 0.419. The third kappa shape index (κ3) is 5.01. The summed E-state index contributed by atoms with van der Waals surface area (Å²) in [6.45, 7) is 8.20. The van der Waals surface area contributed by atoms with Gasteiger partial charge in [0.15, 0.2) is 0 Å². The molecule has 30 heavy (non-hydrogen) atoms. The van der Waals surface area contributed by atoms with Gasteiger partial charge in [-0.2, -0.15) is 0 Å². The van der Waals surface area contributed by atoms with Crippen LogP contribution in [0.4, 0.5) is 5.82 Å². The molecule has 0 spiro atoms. The summed E-state index contributed by atoms with van der Waals surface area (Å²) in [5, 5.41) is 17.2. The average molecular weight is 474 g/mol. The minimum atomic E-state index is -0.0850. The van der Waals surface area contributed by atoms with Crippen molar-refractivity contribution in [3.63, 3.8) is 0 Å². The van der Waals surface area contributed by atoms with Crippen molar-refractivity contribution in [3.8, 4) is 0 Å². The number of aliphatic hydroxyl groups excluding tert-OH is 1. The first-order valence-electron chi connectivity index (χ1n) is 10.6. The van der Waals surface area contributed by atoms with Crippen LogP contribution in [-0.4, -0.2) is 45.5 Å². The summed E-state index contributed by atoms with van der Waals surface area (Å²) in [6, 6.07) is 2.09. The fraction of sp³-hybridized carbons (Fsp3) is 0.522. The Hall–Kier alpha value is -1.99. The number of allylic oxidation sites excluding steroid dienone is 3. The van der Waals surface area contributed by atoms with Gasteiger partial charge in [-0.3, -0.25) is 0 Å². The van der Waals surface area contributed by atoms with E-state index in [-0.39, 0.29) is 6.61 Å². The maximum absolute atomic E-state index is 8.78. The Kier molecular flexibility index (Phi) is 7.47. The summed E-state index contributed by atoms with van der Waals surface area (Å²) in [5.41, 5.74) is 2.47. The molecule has 2 aromatic heterocycles.